The van der Waals surface area contributed by atoms with Crippen molar-refractivity contribution in [1.29, 1.82) is 0 Å². The lowest BCUT2D eigenvalue weighted by Crippen LogP contribution is -2.03. The highest BCUT2D eigenvalue weighted by molar-refractivity contribution is 5.89. The number of carbonyl (C=O) groups is 1. The van der Waals surface area contributed by atoms with Crippen LogP contribution in [0, 0.1) is 6.92 Å². The van der Waals surface area contributed by atoms with Gasteiger partial charge in [-0.25, -0.2) is 4.79 Å². The molecule has 86 valence electrons. The van der Waals surface area contributed by atoms with E-state index in [1.54, 1.807) is 18.3 Å². The predicted octanol–water partition coefficient (Wildman–Crippen LogP) is 2.68. The zero-order valence-electron chi connectivity index (χ0n) is 9.55. The van der Waals surface area contributed by atoms with Gasteiger partial charge in [-0.2, -0.15) is 0 Å². The summed E-state index contributed by atoms with van der Waals surface area (Å²) < 4.78 is 0. The van der Waals surface area contributed by atoms with Gasteiger partial charge < -0.3 is 5.11 Å². The molecule has 0 unspecified atom stereocenters. The van der Waals surface area contributed by atoms with Crippen molar-refractivity contribution in [2.75, 3.05) is 0 Å². The third-order valence-electron chi connectivity index (χ3n) is 2.77. The minimum atomic E-state index is -0.884. The van der Waals surface area contributed by atoms with Crippen molar-refractivity contribution in [2.24, 2.45) is 0 Å². The molecule has 0 aliphatic carbocycles. The number of hydrogen-bond acceptors (Lipinski definition) is 2. The zero-order chi connectivity index (χ0) is 12.3. The summed E-state index contributed by atoms with van der Waals surface area (Å²) in [5.41, 5.74) is 3.12. The van der Waals surface area contributed by atoms with Gasteiger partial charge in [0.15, 0.2) is 0 Å². The van der Waals surface area contributed by atoms with Crippen molar-refractivity contribution in [1.82, 2.24) is 4.98 Å². The van der Waals surface area contributed by atoms with Gasteiger partial charge in [0.2, 0.25) is 0 Å². The minimum absolute atomic E-state index is 0.360. The Morgan fingerprint density at radius 2 is 2.06 bits per heavy atom. The van der Waals surface area contributed by atoms with Crippen molar-refractivity contribution in [3.8, 4) is 0 Å². The van der Waals surface area contributed by atoms with Crippen LogP contribution in [0.2, 0.25) is 0 Å². The molecule has 2 aromatic rings. The molecule has 1 N–H and O–H groups in total. The molecule has 1 aromatic heterocycles. The highest BCUT2D eigenvalue weighted by atomic mass is 16.4. The van der Waals surface area contributed by atoms with Crippen molar-refractivity contribution in [2.45, 2.75) is 13.3 Å². The molecule has 3 heteroatoms. The molecule has 2 rings (SSSR count). The van der Waals surface area contributed by atoms with Gasteiger partial charge in [0.25, 0.3) is 0 Å². The molecule has 0 fully saturated rings. The van der Waals surface area contributed by atoms with Crippen molar-refractivity contribution in [3.05, 3.63) is 65.0 Å². The Morgan fingerprint density at radius 3 is 2.71 bits per heavy atom. The number of pyridine rings is 1. The van der Waals surface area contributed by atoms with Crippen LogP contribution in [-0.2, 0) is 6.42 Å². The van der Waals surface area contributed by atoms with E-state index in [0.29, 0.717) is 12.0 Å². The van der Waals surface area contributed by atoms with E-state index in [2.05, 4.69) is 4.98 Å². The number of aromatic nitrogens is 1. The van der Waals surface area contributed by atoms with Gasteiger partial charge in [0.1, 0.15) is 0 Å². The minimum Gasteiger partial charge on any atom is -0.478 e. The maximum Gasteiger partial charge on any atom is 0.335 e. The second-order valence-corrected chi connectivity index (χ2v) is 3.89. The van der Waals surface area contributed by atoms with Crippen LogP contribution in [0.5, 0.6) is 0 Å². The summed E-state index contributed by atoms with van der Waals surface area (Å²) in [6, 6.07) is 11.1. The average molecular weight is 227 g/mol. The first-order valence-corrected chi connectivity index (χ1v) is 5.40. The normalized spacial score (nSPS) is 10.2. The third kappa shape index (κ3) is 2.50. The molecule has 0 saturated carbocycles. The average Bonchev–Trinajstić information content (AvgIpc) is 2.33. The fourth-order valence-corrected chi connectivity index (χ4v) is 1.80. The van der Waals surface area contributed by atoms with Crippen LogP contribution in [0.3, 0.4) is 0 Å². The quantitative estimate of drug-likeness (QED) is 0.877. The second kappa shape index (κ2) is 4.78. The number of hydrogen-bond donors (Lipinski definition) is 1. The molecule has 0 spiro atoms. The van der Waals surface area contributed by atoms with Crippen molar-refractivity contribution in [3.63, 3.8) is 0 Å². The molecule has 0 saturated heterocycles. The Labute approximate surface area is 99.8 Å². The fraction of sp³-hybridized carbons (Fsp3) is 0.143. The maximum absolute atomic E-state index is 11.0. The lowest BCUT2D eigenvalue weighted by atomic mass is 9.99. The predicted molar refractivity (Wildman–Crippen MR) is 65.2 cm³/mol. The van der Waals surface area contributed by atoms with E-state index in [4.69, 9.17) is 5.11 Å². The number of carboxylic acids is 1. The smallest absolute Gasteiger partial charge is 0.335 e. The molecule has 0 radical (unpaired) electrons. The van der Waals surface area contributed by atoms with Crippen LogP contribution >= 0.6 is 0 Å². The van der Waals surface area contributed by atoms with E-state index in [0.717, 1.165) is 16.8 Å². The molecule has 3 nitrogen and oxygen atoms in total. The number of benzene rings is 1. The standard InChI is InChI=1S/C14H13NO2/c1-10-11(5-4-7-13(10)14(16)17)9-12-6-2-3-8-15-12/h2-8H,9H2,1H3,(H,16,17). The van der Waals surface area contributed by atoms with E-state index in [1.165, 1.54) is 0 Å². The molecule has 0 amide bonds. The highest BCUT2D eigenvalue weighted by Crippen LogP contribution is 2.16. The molecule has 0 bridgehead atoms. The van der Waals surface area contributed by atoms with Gasteiger partial charge in [-0.15, -0.1) is 0 Å². The van der Waals surface area contributed by atoms with Crippen LogP contribution in [-0.4, -0.2) is 16.1 Å². The number of aromatic carboxylic acids is 1. The maximum atomic E-state index is 11.0. The van der Waals surface area contributed by atoms with Gasteiger partial charge in [0.05, 0.1) is 5.56 Å². The Kier molecular flexibility index (Phi) is 3.19. The van der Waals surface area contributed by atoms with Gasteiger partial charge >= 0.3 is 5.97 Å². The number of carboxylic acid groups (broad SMARTS) is 1. The summed E-state index contributed by atoms with van der Waals surface area (Å²) in [5.74, 6) is -0.884. The fourth-order valence-electron chi connectivity index (χ4n) is 1.80. The zero-order valence-corrected chi connectivity index (χ0v) is 9.55. The van der Waals surface area contributed by atoms with E-state index in [-0.39, 0.29) is 0 Å². The molecule has 0 aliphatic heterocycles. The van der Waals surface area contributed by atoms with Crippen LogP contribution in [0.4, 0.5) is 0 Å². The van der Waals surface area contributed by atoms with E-state index < -0.39 is 5.97 Å². The van der Waals surface area contributed by atoms with E-state index >= 15 is 0 Å². The van der Waals surface area contributed by atoms with Crippen molar-refractivity contribution < 1.29 is 9.90 Å². The van der Waals surface area contributed by atoms with Crippen LogP contribution in [0.25, 0.3) is 0 Å². The monoisotopic (exact) mass is 227 g/mol. The molecule has 17 heavy (non-hydrogen) atoms. The molecular formula is C14H13NO2. The summed E-state index contributed by atoms with van der Waals surface area (Å²) in [7, 11) is 0. The number of rotatable bonds is 3. The van der Waals surface area contributed by atoms with Gasteiger partial charge in [-0.05, 0) is 36.2 Å². The Balaban J connectivity index is 2.34. The van der Waals surface area contributed by atoms with Gasteiger partial charge in [0, 0.05) is 18.3 Å². The first-order chi connectivity index (χ1) is 8.18. The summed E-state index contributed by atoms with van der Waals surface area (Å²) in [6.07, 6.45) is 2.40. The highest BCUT2D eigenvalue weighted by Gasteiger charge is 2.10. The molecular weight excluding hydrogens is 214 g/mol. The van der Waals surface area contributed by atoms with E-state index in [9.17, 15) is 4.79 Å². The Hall–Kier alpha value is -2.16. The molecule has 1 heterocycles. The largest absolute Gasteiger partial charge is 0.478 e. The molecule has 0 aliphatic rings. The lowest BCUT2D eigenvalue weighted by Gasteiger charge is -2.08. The summed E-state index contributed by atoms with van der Waals surface area (Å²) in [6.45, 7) is 1.84. The summed E-state index contributed by atoms with van der Waals surface area (Å²) >= 11 is 0. The summed E-state index contributed by atoms with van der Waals surface area (Å²) in [4.78, 5) is 15.3. The molecule has 0 atom stereocenters. The van der Waals surface area contributed by atoms with E-state index in [1.807, 2.05) is 31.2 Å². The Bertz CT molecular complexity index is 535. The molecule has 1 aromatic carbocycles. The summed E-state index contributed by atoms with van der Waals surface area (Å²) in [5, 5.41) is 9.04. The van der Waals surface area contributed by atoms with Crippen LogP contribution in [0.15, 0.2) is 42.6 Å². The topological polar surface area (TPSA) is 50.2 Å². The first kappa shape index (κ1) is 11.3. The third-order valence-corrected chi connectivity index (χ3v) is 2.77. The Morgan fingerprint density at radius 1 is 1.24 bits per heavy atom. The SMILES string of the molecule is Cc1c(Cc2ccccn2)cccc1C(=O)O. The van der Waals surface area contributed by atoms with Crippen LogP contribution in [0.1, 0.15) is 27.2 Å². The first-order valence-electron chi connectivity index (χ1n) is 5.40. The van der Waals surface area contributed by atoms with Gasteiger partial charge in [-0.3, -0.25) is 4.98 Å². The lowest BCUT2D eigenvalue weighted by molar-refractivity contribution is 0.0696. The van der Waals surface area contributed by atoms with Crippen LogP contribution < -0.4 is 0 Å². The number of nitrogens with zero attached hydrogens (tertiary/aromatic N) is 1. The second-order valence-electron chi connectivity index (χ2n) is 3.89. The van der Waals surface area contributed by atoms with Crippen molar-refractivity contribution >= 4 is 5.97 Å². The van der Waals surface area contributed by atoms with Gasteiger partial charge in [-0.1, -0.05) is 18.2 Å².